The molecule has 1 amide bonds. The molecule has 0 aliphatic carbocycles. The van der Waals surface area contributed by atoms with Gasteiger partial charge in [-0.05, 0) is 36.1 Å². The van der Waals surface area contributed by atoms with E-state index in [0.717, 1.165) is 17.7 Å². The Hall–Kier alpha value is -2.29. The fraction of sp³-hybridized carbons (Fsp3) is 0.350. The molecule has 0 radical (unpaired) electrons. The molecular formula is C20H25NO2. The van der Waals surface area contributed by atoms with E-state index in [9.17, 15) is 4.79 Å². The number of carbonyl (C=O) groups excluding carboxylic acids is 1. The molecule has 0 bridgehead atoms. The van der Waals surface area contributed by atoms with Gasteiger partial charge in [0.1, 0.15) is 5.75 Å². The Morgan fingerprint density at radius 3 is 2.22 bits per heavy atom. The summed E-state index contributed by atoms with van der Waals surface area (Å²) < 4.78 is 5.89. The van der Waals surface area contributed by atoms with Gasteiger partial charge in [0.05, 0.1) is 0 Å². The number of benzene rings is 2. The maximum absolute atomic E-state index is 12.6. The number of rotatable bonds is 7. The molecule has 0 heterocycles. The third kappa shape index (κ3) is 4.85. The van der Waals surface area contributed by atoms with E-state index in [0.29, 0.717) is 13.0 Å². The molecule has 2 rings (SSSR count). The number of hydrogen-bond donors (Lipinski definition) is 0. The van der Waals surface area contributed by atoms with Crippen molar-refractivity contribution in [3.05, 3.63) is 65.7 Å². The van der Waals surface area contributed by atoms with Crippen LogP contribution in [0, 0.1) is 0 Å². The van der Waals surface area contributed by atoms with Gasteiger partial charge >= 0.3 is 0 Å². The lowest BCUT2D eigenvalue weighted by atomic mass is 10.1. The predicted octanol–water partition coefficient (Wildman–Crippen LogP) is 4.07. The van der Waals surface area contributed by atoms with Crippen LogP contribution in [0.1, 0.15) is 31.4 Å². The number of amides is 1. The summed E-state index contributed by atoms with van der Waals surface area (Å²) in [6, 6.07) is 17.9. The van der Waals surface area contributed by atoms with Gasteiger partial charge in [-0.25, -0.2) is 0 Å². The number of nitrogens with zero attached hydrogens (tertiary/aromatic N) is 1. The first-order valence-electron chi connectivity index (χ1n) is 8.18. The van der Waals surface area contributed by atoms with Crippen molar-refractivity contribution < 1.29 is 9.53 Å². The average Bonchev–Trinajstić information content (AvgIpc) is 2.60. The van der Waals surface area contributed by atoms with Gasteiger partial charge in [-0.2, -0.15) is 0 Å². The molecule has 3 nitrogen and oxygen atoms in total. The minimum absolute atomic E-state index is 0.0101. The molecule has 23 heavy (non-hydrogen) atoms. The minimum Gasteiger partial charge on any atom is -0.481 e. The van der Waals surface area contributed by atoms with Gasteiger partial charge in [-0.3, -0.25) is 4.79 Å². The maximum Gasteiger partial charge on any atom is 0.263 e. The molecule has 122 valence electrons. The van der Waals surface area contributed by atoms with Crippen molar-refractivity contribution in [3.8, 4) is 5.75 Å². The van der Waals surface area contributed by atoms with E-state index in [4.69, 9.17) is 4.74 Å². The Morgan fingerprint density at radius 1 is 1.00 bits per heavy atom. The van der Waals surface area contributed by atoms with Crippen LogP contribution < -0.4 is 4.74 Å². The smallest absolute Gasteiger partial charge is 0.263 e. The molecule has 1 atom stereocenters. The molecule has 0 aliphatic rings. The van der Waals surface area contributed by atoms with Gasteiger partial charge in [0, 0.05) is 13.6 Å². The first-order valence-corrected chi connectivity index (χ1v) is 8.18. The van der Waals surface area contributed by atoms with Crippen LogP contribution in [0.3, 0.4) is 0 Å². The van der Waals surface area contributed by atoms with Crippen molar-refractivity contribution in [1.82, 2.24) is 4.90 Å². The van der Waals surface area contributed by atoms with E-state index >= 15 is 0 Å². The highest BCUT2D eigenvalue weighted by atomic mass is 16.5. The lowest BCUT2D eigenvalue weighted by molar-refractivity contribution is -0.138. The largest absolute Gasteiger partial charge is 0.481 e. The standard InChI is InChI=1S/C20H25NO2/c1-4-16-11-13-18(14-12-16)23-19(5-2)20(22)21(3)15-17-9-7-6-8-10-17/h6-14,19H,4-5,15H2,1-3H3/t19-/m0/s1. The molecule has 0 fully saturated rings. The second kappa shape index (κ2) is 8.37. The molecule has 0 aliphatic heterocycles. The second-order valence-electron chi connectivity index (χ2n) is 5.69. The van der Waals surface area contributed by atoms with Crippen molar-refractivity contribution in [1.29, 1.82) is 0 Å². The van der Waals surface area contributed by atoms with Crippen molar-refractivity contribution >= 4 is 5.91 Å². The van der Waals surface area contributed by atoms with Crippen LogP contribution in [-0.2, 0) is 17.8 Å². The van der Waals surface area contributed by atoms with E-state index in [-0.39, 0.29) is 5.91 Å². The molecule has 3 heteroatoms. The molecule has 2 aromatic carbocycles. The monoisotopic (exact) mass is 311 g/mol. The zero-order valence-corrected chi connectivity index (χ0v) is 14.2. The Kier molecular flexibility index (Phi) is 6.21. The lowest BCUT2D eigenvalue weighted by Crippen LogP contribution is -2.39. The summed E-state index contributed by atoms with van der Waals surface area (Å²) in [5.74, 6) is 0.756. The Balaban J connectivity index is 1.99. The molecule has 0 saturated heterocycles. The molecule has 0 aromatic heterocycles. The maximum atomic E-state index is 12.6. The van der Waals surface area contributed by atoms with Gasteiger partial charge in [-0.15, -0.1) is 0 Å². The molecule has 2 aromatic rings. The minimum atomic E-state index is -0.448. The summed E-state index contributed by atoms with van der Waals surface area (Å²) in [7, 11) is 1.82. The summed E-state index contributed by atoms with van der Waals surface area (Å²) in [6.07, 6.45) is 1.19. The third-order valence-electron chi connectivity index (χ3n) is 3.89. The molecule has 0 N–H and O–H groups in total. The highest BCUT2D eigenvalue weighted by molar-refractivity contribution is 5.81. The summed E-state index contributed by atoms with van der Waals surface area (Å²) in [4.78, 5) is 14.3. The predicted molar refractivity (Wildman–Crippen MR) is 93.4 cm³/mol. The zero-order chi connectivity index (χ0) is 16.7. The zero-order valence-electron chi connectivity index (χ0n) is 14.2. The van der Waals surface area contributed by atoms with Crippen molar-refractivity contribution in [3.63, 3.8) is 0 Å². The first kappa shape index (κ1) is 17.1. The second-order valence-corrected chi connectivity index (χ2v) is 5.69. The number of carbonyl (C=O) groups is 1. The van der Waals surface area contributed by atoms with Crippen LogP contribution in [0.2, 0.25) is 0 Å². The third-order valence-corrected chi connectivity index (χ3v) is 3.89. The summed E-state index contributed by atoms with van der Waals surface area (Å²) >= 11 is 0. The highest BCUT2D eigenvalue weighted by Gasteiger charge is 2.22. The first-order chi connectivity index (χ1) is 11.1. The van der Waals surface area contributed by atoms with Crippen molar-refractivity contribution in [2.75, 3.05) is 7.05 Å². The Labute approximate surface area is 138 Å². The van der Waals surface area contributed by atoms with Gasteiger partial charge in [0.25, 0.3) is 5.91 Å². The SMILES string of the molecule is CCc1ccc(O[C@@H](CC)C(=O)N(C)Cc2ccccc2)cc1. The van der Waals surface area contributed by atoms with Crippen molar-refractivity contribution in [2.45, 2.75) is 39.3 Å². The summed E-state index contributed by atoms with van der Waals surface area (Å²) in [6.45, 7) is 4.68. The number of hydrogen-bond acceptors (Lipinski definition) is 2. The van der Waals surface area contributed by atoms with E-state index in [2.05, 4.69) is 6.92 Å². The molecule has 0 unspecified atom stereocenters. The van der Waals surface area contributed by atoms with Crippen LogP contribution in [0.5, 0.6) is 5.75 Å². The number of ether oxygens (including phenoxy) is 1. The van der Waals surface area contributed by atoms with E-state index < -0.39 is 6.10 Å². The van der Waals surface area contributed by atoms with Crippen LogP contribution in [-0.4, -0.2) is 24.0 Å². The van der Waals surface area contributed by atoms with Crippen LogP contribution >= 0.6 is 0 Å². The van der Waals surface area contributed by atoms with Crippen LogP contribution in [0.4, 0.5) is 0 Å². The van der Waals surface area contributed by atoms with Crippen LogP contribution in [0.15, 0.2) is 54.6 Å². The Bertz CT molecular complexity index is 607. The molecule has 0 spiro atoms. The van der Waals surface area contributed by atoms with Gasteiger partial charge in [0.15, 0.2) is 6.10 Å². The average molecular weight is 311 g/mol. The fourth-order valence-electron chi connectivity index (χ4n) is 2.46. The number of aryl methyl sites for hydroxylation is 1. The molecule has 0 saturated carbocycles. The van der Waals surface area contributed by atoms with Gasteiger partial charge < -0.3 is 9.64 Å². The lowest BCUT2D eigenvalue weighted by Gasteiger charge is -2.24. The van der Waals surface area contributed by atoms with Crippen LogP contribution in [0.25, 0.3) is 0 Å². The fourth-order valence-corrected chi connectivity index (χ4v) is 2.46. The number of likely N-dealkylation sites (N-methyl/N-ethyl adjacent to an activating group) is 1. The van der Waals surface area contributed by atoms with Gasteiger partial charge in [-0.1, -0.05) is 56.3 Å². The quantitative estimate of drug-likeness (QED) is 0.771. The van der Waals surface area contributed by atoms with Crippen molar-refractivity contribution in [2.24, 2.45) is 0 Å². The van der Waals surface area contributed by atoms with E-state index in [1.54, 1.807) is 4.90 Å². The summed E-state index contributed by atoms with van der Waals surface area (Å²) in [5.41, 5.74) is 2.38. The summed E-state index contributed by atoms with van der Waals surface area (Å²) in [5, 5.41) is 0. The normalized spacial score (nSPS) is 11.8. The Morgan fingerprint density at radius 2 is 1.65 bits per heavy atom. The molecular weight excluding hydrogens is 286 g/mol. The van der Waals surface area contributed by atoms with Gasteiger partial charge in [0.2, 0.25) is 0 Å². The van der Waals surface area contributed by atoms with E-state index in [1.165, 1.54) is 5.56 Å². The topological polar surface area (TPSA) is 29.5 Å². The highest BCUT2D eigenvalue weighted by Crippen LogP contribution is 2.17. The van der Waals surface area contributed by atoms with E-state index in [1.807, 2.05) is 68.6 Å².